The largest absolute Gasteiger partial charge is 0.381 e. The van der Waals surface area contributed by atoms with E-state index in [2.05, 4.69) is 26.1 Å². The van der Waals surface area contributed by atoms with E-state index in [9.17, 15) is 4.79 Å². The van der Waals surface area contributed by atoms with Gasteiger partial charge in [-0.15, -0.1) is 0 Å². The number of anilines is 1. The smallest absolute Gasteiger partial charge is 0.248 e. The Morgan fingerprint density at radius 3 is 2.39 bits per heavy atom. The van der Waals surface area contributed by atoms with Crippen molar-refractivity contribution in [2.24, 2.45) is 16.9 Å². The highest BCUT2D eigenvalue weighted by molar-refractivity contribution is 5.94. The Balaban J connectivity index is 2.92. The van der Waals surface area contributed by atoms with Crippen LogP contribution in [0.1, 0.15) is 36.7 Å². The van der Waals surface area contributed by atoms with Crippen LogP contribution in [0, 0.1) is 12.3 Å². The number of primary amides is 1. The zero-order valence-electron chi connectivity index (χ0n) is 11.6. The lowest BCUT2D eigenvalue weighted by Gasteiger charge is -2.31. The summed E-state index contributed by atoms with van der Waals surface area (Å²) in [6.07, 6.45) is 0. The molecule has 1 unspecified atom stereocenters. The molecule has 4 nitrogen and oxygen atoms in total. The van der Waals surface area contributed by atoms with Crippen LogP contribution in [-0.2, 0) is 0 Å². The van der Waals surface area contributed by atoms with Crippen LogP contribution in [0.5, 0.6) is 0 Å². The number of carbonyl (C=O) groups is 1. The average Bonchev–Trinajstić information content (AvgIpc) is 2.23. The van der Waals surface area contributed by atoms with Crippen molar-refractivity contribution in [3.63, 3.8) is 0 Å². The summed E-state index contributed by atoms with van der Waals surface area (Å²) in [5.74, 6) is -0.398. The third-order valence-corrected chi connectivity index (χ3v) is 3.11. The molecular formula is C14H23N3O. The topological polar surface area (TPSA) is 81.1 Å². The maximum Gasteiger partial charge on any atom is 0.248 e. The van der Waals surface area contributed by atoms with E-state index in [1.165, 1.54) is 0 Å². The predicted octanol–water partition coefficient (Wildman–Crippen LogP) is 1.88. The van der Waals surface area contributed by atoms with Gasteiger partial charge < -0.3 is 16.8 Å². The first-order valence-electron chi connectivity index (χ1n) is 6.12. The molecule has 18 heavy (non-hydrogen) atoms. The molecule has 1 amide bonds. The number of carbonyl (C=O) groups excluding carboxylic acids is 1. The van der Waals surface area contributed by atoms with Crippen LogP contribution in [-0.4, -0.2) is 18.5 Å². The van der Waals surface area contributed by atoms with Crippen LogP contribution in [0.3, 0.4) is 0 Å². The van der Waals surface area contributed by atoms with Gasteiger partial charge in [0.2, 0.25) is 5.91 Å². The molecule has 0 aliphatic heterocycles. The van der Waals surface area contributed by atoms with Crippen molar-refractivity contribution in [1.29, 1.82) is 0 Å². The second-order valence-electron chi connectivity index (χ2n) is 5.69. The maximum absolute atomic E-state index is 11.2. The molecule has 0 aromatic heterocycles. The van der Waals surface area contributed by atoms with Crippen molar-refractivity contribution in [3.05, 3.63) is 29.3 Å². The zero-order valence-corrected chi connectivity index (χ0v) is 11.6. The van der Waals surface area contributed by atoms with Gasteiger partial charge in [-0.05, 0) is 36.1 Å². The first-order valence-corrected chi connectivity index (χ1v) is 6.12. The van der Waals surface area contributed by atoms with Crippen molar-refractivity contribution in [3.8, 4) is 0 Å². The van der Waals surface area contributed by atoms with Crippen LogP contribution >= 0.6 is 0 Å². The molecule has 1 atom stereocenters. The molecule has 100 valence electrons. The van der Waals surface area contributed by atoms with Gasteiger partial charge in [0.1, 0.15) is 0 Å². The van der Waals surface area contributed by atoms with Gasteiger partial charge in [-0.3, -0.25) is 4.79 Å². The second-order valence-corrected chi connectivity index (χ2v) is 5.69. The van der Waals surface area contributed by atoms with E-state index in [1.54, 1.807) is 6.07 Å². The summed E-state index contributed by atoms with van der Waals surface area (Å²) in [6.45, 7) is 8.85. The van der Waals surface area contributed by atoms with Crippen LogP contribution in [0.25, 0.3) is 0 Å². The molecule has 0 radical (unpaired) electrons. The van der Waals surface area contributed by atoms with Crippen LogP contribution in [0.15, 0.2) is 18.2 Å². The van der Waals surface area contributed by atoms with Crippen LogP contribution < -0.4 is 16.8 Å². The molecule has 0 aliphatic rings. The monoisotopic (exact) mass is 249 g/mol. The fraction of sp³-hybridized carbons (Fsp3) is 0.500. The van der Waals surface area contributed by atoms with E-state index in [4.69, 9.17) is 11.5 Å². The van der Waals surface area contributed by atoms with Gasteiger partial charge in [0.15, 0.2) is 0 Å². The van der Waals surface area contributed by atoms with Crippen LogP contribution in [0.2, 0.25) is 0 Å². The summed E-state index contributed by atoms with van der Waals surface area (Å²) in [4.78, 5) is 11.2. The Hall–Kier alpha value is -1.55. The molecule has 4 heteroatoms. The standard InChI is InChI=1S/C14H23N3O/c1-9-7-10(5-6-11(9)13(16)18)17-12(8-15)14(2,3)4/h5-7,12,17H,8,15H2,1-4H3,(H2,16,18). The number of rotatable bonds is 4. The van der Waals surface area contributed by atoms with Crippen molar-refractivity contribution >= 4 is 11.6 Å². The summed E-state index contributed by atoms with van der Waals surface area (Å²) in [5.41, 5.74) is 13.5. The van der Waals surface area contributed by atoms with Gasteiger partial charge in [-0.1, -0.05) is 20.8 Å². The lowest BCUT2D eigenvalue weighted by Crippen LogP contribution is -2.40. The van der Waals surface area contributed by atoms with Gasteiger partial charge in [-0.2, -0.15) is 0 Å². The fourth-order valence-corrected chi connectivity index (χ4v) is 1.86. The molecule has 5 N–H and O–H groups in total. The molecule has 0 aliphatic carbocycles. The lowest BCUT2D eigenvalue weighted by molar-refractivity contribution is 0.0999. The minimum atomic E-state index is -0.398. The summed E-state index contributed by atoms with van der Waals surface area (Å²) in [6, 6.07) is 5.71. The van der Waals surface area contributed by atoms with E-state index in [0.717, 1.165) is 11.3 Å². The highest BCUT2D eigenvalue weighted by Crippen LogP contribution is 2.23. The molecule has 1 aromatic rings. The van der Waals surface area contributed by atoms with Crippen molar-refractivity contribution in [2.75, 3.05) is 11.9 Å². The van der Waals surface area contributed by atoms with E-state index in [-0.39, 0.29) is 11.5 Å². The van der Waals surface area contributed by atoms with E-state index in [1.807, 2.05) is 19.1 Å². The third-order valence-electron chi connectivity index (χ3n) is 3.11. The van der Waals surface area contributed by atoms with Crippen molar-refractivity contribution in [1.82, 2.24) is 0 Å². The molecule has 0 bridgehead atoms. The van der Waals surface area contributed by atoms with Gasteiger partial charge in [0, 0.05) is 23.8 Å². The molecule has 1 rings (SSSR count). The molecule has 1 aromatic carbocycles. The Morgan fingerprint density at radius 2 is 2.00 bits per heavy atom. The number of amides is 1. The number of nitrogens with two attached hydrogens (primary N) is 2. The predicted molar refractivity (Wildman–Crippen MR) is 75.6 cm³/mol. The van der Waals surface area contributed by atoms with Gasteiger partial charge in [-0.25, -0.2) is 0 Å². The zero-order chi connectivity index (χ0) is 13.9. The van der Waals surface area contributed by atoms with Gasteiger partial charge in [0.05, 0.1) is 0 Å². The third kappa shape index (κ3) is 3.47. The van der Waals surface area contributed by atoms with E-state index >= 15 is 0 Å². The number of hydrogen-bond donors (Lipinski definition) is 3. The average molecular weight is 249 g/mol. The van der Waals surface area contributed by atoms with E-state index < -0.39 is 5.91 Å². The molecule has 0 saturated carbocycles. The Morgan fingerprint density at radius 1 is 1.39 bits per heavy atom. The number of aryl methyl sites for hydroxylation is 1. The van der Waals surface area contributed by atoms with Crippen LogP contribution in [0.4, 0.5) is 5.69 Å². The summed E-state index contributed by atoms with van der Waals surface area (Å²) in [7, 11) is 0. The summed E-state index contributed by atoms with van der Waals surface area (Å²) >= 11 is 0. The Bertz CT molecular complexity index is 435. The van der Waals surface area contributed by atoms with Gasteiger partial charge in [0.25, 0.3) is 0 Å². The molecular weight excluding hydrogens is 226 g/mol. The number of benzene rings is 1. The minimum Gasteiger partial charge on any atom is -0.381 e. The summed E-state index contributed by atoms with van der Waals surface area (Å²) < 4.78 is 0. The fourth-order valence-electron chi connectivity index (χ4n) is 1.86. The highest BCUT2D eigenvalue weighted by atomic mass is 16.1. The molecule has 0 saturated heterocycles. The molecule has 0 spiro atoms. The van der Waals surface area contributed by atoms with Crippen molar-refractivity contribution in [2.45, 2.75) is 33.7 Å². The second kappa shape index (κ2) is 5.40. The first-order chi connectivity index (χ1) is 8.25. The lowest BCUT2D eigenvalue weighted by atomic mass is 9.86. The quantitative estimate of drug-likeness (QED) is 0.762. The minimum absolute atomic E-state index is 0.0744. The summed E-state index contributed by atoms with van der Waals surface area (Å²) in [5, 5.41) is 3.40. The van der Waals surface area contributed by atoms with Crippen molar-refractivity contribution < 1.29 is 4.79 Å². The Kier molecular flexibility index (Phi) is 4.35. The molecule has 0 heterocycles. The maximum atomic E-state index is 11.2. The first kappa shape index (κ1) is 14.5. The van der Waals surface area contributed by atoms with E-state index in [0.29, 0.717) is 12.1 Å². The number of hydrogen-bond acceptors (Lipinski definition) is 3. The Labute approximate surface area is 109 Å². The SMILES string of the molecule is Cc1cc(NC(CN)C(C)(C)C)ccc1C(N)=O. The molecule has 0 fully saturated rings. The normalized spacial score (nSPS) is 13.2. The highest BCUT2D eigenvalue weighted by Gasteiger charge is 2.23. The van der Waals surface area contributed by atoms with Gasteiger partial charge >= 0.3 is 0 Å². The number of nitrogens with one attached hydrogen (secondary N) is 1.